The second-order valence-electron chi connectivity index (χ2n) is 5.29. The van der Waals surface area contributed by atoms with Crippen molar-refractivity contribution in [2.75, 3.05) is 0 Å². The van der Waals surface area contributed by atoms with Crippen molar-refractivity contribution in [2.45, 2.75) is 26.2 Å². The molecule has 2 aromatic carbocycles. The fourth-order valence-corrected chi connectivity index (χ4v) is 3.14. The van der Waals surface area contributed by atoms with E-state index in [0.717, 1.165) is 0 Å². The summed E-state index contributed by atoms with van der Waals surface area (Å²) in [4.78, 5) is 0. The van der Waals surface area contributed by atoms with Gasteiger partial charge in [-0.1, -0.05) is 23.2 Å². The summed E-state index contributed by atoms with van der Waals surface area (Å²) in [6.07, 6.45) is -9.72. The number of hydrogen-bond acceptors (Lipinski definition) is 0. The molecule has 0 aliphatic carbocycles. The van der Waals surface area contributed by atoms with E-state index in [-0.39, 0.29) is 21.2 Å². The van der Waals surface area contributed by atoms with E-state index in [1.807, 2.05) is 0 Å². The van der Waals surface area contributed by atoms with E-state index in [1.165, 1.54) is 26.0 Å². The maximum absolute atomic E-state index is 13.4. The molecule has 8 heteroatoms. The first-order valence-corrected chi connectivity index (χ1v) is 7.33. The van der Waals surface area contributed by atoms with Crippen molar-refractivity contribution in [2.24, 2.45) is 0 Å². The minimum absolute atomic E-state index is 0.00857. The van der Waals surface area contributed by atoms with Crippen LogP contribution in [0.4, 0.5) is 26.3 Å². The molecular formula is C16H10Cl2F6. The predicted octanol–water partition coefficient (Wildman–Crippen LogP) is 7.31. The van der Waals surface area contributed by atoms with E-state index in [0.29, 0.717) is 12.1 Å². The summed E-state index contributed by atoms with van der Waals surface area (Å²) in [5, 5.41) is -0.410. The maximum Gasteiger partial charge on any atom is 0.417 e. The van der Waals surface area contributed by atoms with Crippen molar-refractivity contribution in [3.63, 3.8) is 0 Å². The van der Waals surface area contributed by atoms with Gasteiger partial charge in [0.05, 0.1) is 11.1 Å². The molecule has 0 aromatic heterocycles. The number of aryl methyl sites for hydroxylation is 2. The quantitative estimate of drug-likeness (QED) is 0.450. The molecule has 0 N–H and O–H groups in total. The fourth-order valence-electron chi connectivity index (χ4n) is 2.60. The van der Waals surface area contributed by atoms with E-state index in [9.17, 15) is 26.3 Å². The van der Waals surface area contributed by atoms with E-state index in [4.69, 9.17) is 23.2 Å². The third-order valence-electron chi connectivity index (χ3n) is 3.46. The van der Waals surface area contributed by atoms with Gasteiger partial charge in [0.2, 0.25) is 0 Å². The zero-order valence-corrected chi connectivity index (χ0v) is 13.8. The first-order valence-electron chi connectivity index (χ1n) is 6.57. The van der Waals surface area contributed by atoms with Gasteiger partial charge in [-0.05, 0) is 60.4 Å². The molecule has 0 fully saturated rings. The summed E-state index contributed by atoms with van der Waals surface area (Å²) in [5.41, 5.74) is -3.55. The molecule has 0 unspecified atom stereocenters. The van der Waals surface area contributed by atoms with Gasteiger partial charge in [0, 0.05) is 10.0 Å². The maximum atomic E-state index is 13.4. The van der Waals surface area contributed by atoms with E-state index < -0.39 is 34.6 Å². The molecule has 0 aliphatic heterocycles. The molecular weight excluding hydrogens is 377 g/mol. The topological polar surface area (TPSA) is 0 Å². The number of benzene rings is 2. The van der Waals surface area contributed by atoms with E-state index >= 15 is 0 Å². The standard InChI is InChI=1S/C16H10Cl2F6/c1-7-3-9(17)5-11(15(19,20)21)13(7)14-8(2)4-10(18)6-12(14)16(22,23)24/h3-6H,1-2H3. The van der Waals surface area contributed by atoms with Crippen LogP contribution < -0.4 is 0 Å². The molecule has 0 bridgehead atoms. The Hall–Kier alpha value is -1.40. The third kappa shape index (κ3) is 3.64. The molecule has 0 atom stereocenters. The summed E-state index contributed by atoms with van der Waals surface area (Å²) in [7, 11) is 0. The van der Waals surface area contributed by atoms with Crippen molar-refractivity contribution in [3.05, 3.63) is 56.6 Å². The minimum atomic E-state index is -4.86. The van der Waals surface area contributed by atoms with Crippen molar-refractivity contribution in [3.8, 4) is 11.1 Å². The molecule has 0 saturated heterocycles. The first-order chi connectivity index (χ1) is 10.8. The molecule has 0 nitrogen and oxygen atoms in total. The fraction of sp³-hybridized carbons (Fsp3) is 0.250. The van der Waals surface area contributed by atoms with E-state index in [1.54, 1.807) is 0 Å². The van der Waals surface area contributed by atoms with Gasteiger partial charge in [-0.25, -0.2) is 0 Å². The smallest absolute Gasteiger partial charge is 0.166 e. The Morgan fingerprint density at radius 3 is 1.17 bits per heavy atom. The summed E-state index contributed by atoms with van der Waals surface area (Å²) < 4.78 is 80.2. The summed E-state index contributed by atoms with van der Waals surface area (Å²) in [6, 6.07) is 3.64. The Kier molecular flexibility index (Phi) is 4.85. The van der Waals surface area contributed by atoms with Crippen LogP contribution in [-0.2, 0) is 12.4 Å². The van der Waals surface area contributed by atoms with E-state index in [2.05, 4.69) is 0 Å². The van der Waals surface area contributed by atoms with Crippen molar-refractivity contribution in [1.82, 2.24) is 0 Å². The average molecular weight is 387 g/mol. The highest BCUT2D eigenvalue weighted by molar-refractivity contribution is 6.31. The van der Waals surface area contributed by atoms with Gasteiger partial charge in [-0.15, -0.1) is 0 Å². The molecule has 130 valence electrons. The van der Waals surface area contributed by atoms with Crippen LogP contribution in [0.15, 0.2) is 24.3 Å². The van der Waals surface area contributed by atoms with Crippen LogP contribution in [0, 0.1) is 13.8 Å². The molecule has 0 radical (unpaired) electrons. The Labute approximate surface area is 144 Å². The average Bonchev–Trinajstić information content (AvgIpc) is 2.36. The highest BCUT2D eigenvalue weighted by Crippen LogP contribution is 2.47. The van der Waals surface area contributed by atoms with Crippen LogP contribution in [0.1, 0.15) is 22.3 Å². The van der Waals surface area contributed by atoms with Crippen LogP contribution in [0.5, 0.6) is 0 Å². The Bertz CT molecular complexity index is 723. The monoisotopic (exact) mass is 386 g/mol. The molecule has 2 rings (SSSR count). The van der Waals surface area contributed by atoms with Gasteiger partial charge >= 0.3 is 12.4 Å². The van der Waals surface area contributed by atoms with Crippen molar-refractivity contribution in [1.29, 1.82) is 0 Å². The molecule has 0 heterocycles. The molecule has 24 heavy (non-hydrogen) atoms. The van der Waals surface area contributed by atoms with Crippen molar-refractivity contribution >= 4 is 23.2 Å². The third-order valence-corrected chi connectivity index (χ3v) is 3.90. The van der Waals surface area contributed by atoms with Crippen LogP contribution in [-0.4, -0.2) is 0 Å². The number of hydrogen-bond donors (Lipinski definition) is 0. The lowest BCUT2D eigenvalue weighted by molar-refractivity contribution is -0.139. The SMILES string of the molecule is Cc1cc(Cl)cc(C(F)(F)F)c1-c1c(C)cc(Cl)cc1C(F)(F)F. The predicted molar refractivity (Wildman–Crippen MR) is 81.4 cm³/mol. The number of alkyl halides is 6. The van der Waals surface area contributed by atoms with Crippen LogP contribution in [0.3, 0.4) is 0 Å². The Balaban J connectivity index is 2.98. The van der Waals surface area contributed by atoms with Crippen LogP contribution in [0.2, 0.25) is 10.0 Å². The summed E-state index contributed by atoms with van der Waals surface area (Å²) in [6.45, 7) is 2.56. The minimum Gasteiger partial charge on any atom is -0.166 e. The van der Waals surface area contributed by atoms with Crippen LogP contribution >= 0.6 is 23.2 Å². The summed E-state index contributed by atoms with van der Waals surface area (Å²) >= 11 is 11.3. The normalized spacial score (nSPS) is 12.6. The highest BCUT2D eigenvalue weighted by Gasteiger charge is 2.40. The summed E-state index contributed by atoms with van der Waals surface area (Å²) in [5.74, 6) is 0. The Morgan fingerprint density at radius 1 is 0.625 bits per heavy atom. The number of rotatable bonds is 1. The first kappa shape index (κ1) is 18.9. The molecule has 2 aromatic rings. The molecule has 0 aliphatic rings. The molecule has 0 spiro atoms. The van der Waals surface area contributed by atoms with Crippen LogP contribution in [0.25, 0.3) is 11.1 Å². The lowest BCUT2D eigenvalue weighted by Gasteiger charge is -2.22. The Morgan fingerprint density at radius 2 is 0.917 bits per heavy atom. The van der Waals surface area contributed by atoms with Gasteiger partial charge < -0.3 is 0 Å². The molecule has 0 amide bonds. The molecule has 0 saturated carbocycles. The van der Waals surface area contributed by atoms with Gasteiger partial charge in [0.15, 0.2) is 0 Å². The van der Waals surface area contributed by atoms with Gasteiger partial charge in [-0.2, -0.15) is 26.3 Å². The largest absolute Gasteiger partial charge is 0.417 e. The van der Waals surface area contributed by atoms with Gasteiger partial charge in [0.1, 0.15) is 0 Å². The van der Waals surface area contributed by atoms with Crippen molar-refractivity contribution < 1.29 is 26.3 Å². The second-order valence-corrected chi connectivity index (χ2v) is 6.16. The number of halogens is 8. The lowest BCUT2D eigenvalue weighted by Crippen LogP contribution is -2.13. The second kappa shape index (κ2) is 6.15. The zero-order chi connectivity index (χ0) is 18.4. The van der Waals surface area contributed by atoms with Gasteiger partial charge in [0.25, 0.3) is 0 Å². The zero-order valence-electron chi connectivity index (χ0n) is 12.3. The highest BCUT2D eigenvalue weighted by atomic mass is 35.5. The lowest BCUT2D eigenvalue weighted by atomic mass is 9.88. The van der Waals surface area contributed by atoms with Gasteiger partial charge in [-0.3, -0.25) is 0 Å².